The van der Waals surface area contributed by atoms with Gasteiger partial charge in [-0.25, -0.2) is 9.97 Å². The summed E-state index contributed by atoms with van der Waals surface area (Å²) in [6.45, 7) is 1.69. The predicted octanol–water partition coefficient (Wildman–Crippen LogP) is 7.18. The van der Waals surface area contributed by atoms with Gasteiger partial charge >= 0.3 is 12.4 Å². The number of halogens is 6. The Morgan fingerprint density at radius 2 is 1.60 bits per heavy atom. The first-order chi connectivity index (χ1) is 16.5. The van der Waals surface area contributed by atoms with Crippen LogP contribution in [0.25, 0.3) is 22.2 Å². The van der Waals surface area contributed by atoms with Crippen LogP contribution in [0.4, 0.5) is 37.8 Å². The molecule has 1 atom stereocenters. The number of ether oxygens (including phenoxy) is 1. The van der Waals surface area contributed by atoms with E-state index in [9.17, 15) is 26.3 Å². The summed E-state index contributed by atoms with van der Waals surface area (Å²) in [5.41, 5.74) is -1.10. The lowest BCUT2D eigenvalue weighted by atomic mass is 10.0. The molecule has 182 valence electrons. The molecule has 0 aliphatic carbocycles. The highest BCUT2D eigenvalue weighted by Crippen LogP contribution is 2.37. The Kier molecular flexibility index (Phi) is 6.37. The Labute approximate surface area is 195 Å². The number of rotatable bonds is 5. The third-order valence-corrected chi connectivity index (χ3v) is 5.29. The van der Waals surface area contributed by atoms with Crippen LogP contribution in [0.3, 0.4) is 0 Å². The normalized spacial score (nSPS) is 13.1. The number of nitrogens with zero attached hydrogens (tertiary/aromatic N) is 3. The van der Waals surface area contributed by atoms with Crippen molar-refractivity contribution in [1.82, 2.24) is 15.0 Å². The predicted molar refractivity (Wildman–Crippen MR) is 118 cm³/mol. The van der Waals surface area contributed by atoms with Crippen molar-refractivity contribution in [2.45, 2.75) is 25.4 Å². The maximum atomic E-state index is 13.5. The second-order valence-electron chi connectivity index (χ2n) is 7.64. The van der Waals surface area contributed by atoms with Gasteiger partial charge in [0.2, 0.25) is 0 Å². The Bertz CT molecular complexity index is 1350. The van der Waals surface area contributed by atoms with Crippen LogP contribution in [0.1, 0.15) is 30.0 Å². The standard InChI is InChI=1S/C24H18F6N4O/c1-13(35-2)21-33-19-12-14(20-18(24(28,29)30)4-3-11-31-20)5-10-17(19)22(34-21)32-16-8-6-15(7-9-16)23(25,26)27/h3-13H,1-2H3,(H,32,33,34). The van der Waals surface area contributed by atoms with Gasteiger partial charge in [-0.3, -0.25) is 4.98 Å². The lowest BCUT2D eigenvalue weighted by Gasteiger charge is -2.16. The molecule has 0 spiro atoms. The lowest BCUT2D eigenvalue weighted by molar-refractivity contribution is -0.138. The quantitative estimate of drug-likeness (QED) is 0.299. The number of hydrogen-bond acceptors (Lipinski definition) is 5. The lowest BCUT2D eigenvalue weighted by Crippen LogP contribution is -2.09. The first-order valence-corrected chi connectivity index (χ1v) is 10.3. The number of nitrogens with one attached hydrogen (secondary N) is 1. The molecule has 4 aromatic rings. The SMILES string of the molecule is COC(C)c1nc(Nc2ccc(C(F)(F)F)cc2)c2ccc(-c3ncccc3C(F)(F)F)cc2n1. The Morgan fingerprint density at radius 1 is 0.886 bits per heavy atom. The van der Waals surface area contributed by atoms with Crippen molar-refractivity contribution in [3.8, 4) is 11.3 Å². The number of benzene rings is 2. The molecule has 1 N–H and O–H groups in total. The van der Waals surface area contributed by atoms with Crippen LogP contribution in [0.5, 0.6) is 0 Å². The molecule has 11 heteroatoms. The van der Waals surface area contributed by atoms with E-state index in [2.05, 4.69) is 20.3 Å². The molecule has 0 amide bonds. The van der Waals surface area contributed by atoms with Crippen LogP contribution in [0, 0.1) is 0 Å². The van der Waals surface area contributed by atoms with Crippen LogP contribution >= 0.6 is 0 Å². The van der Waals surface area contributed by atoms with Gasteiger partial charge in [0, 0.05) is 29.9 Å². The summed E-state index contributed by atoms with van der Waals surface area (Å²) in [6, 6.07) is 11.0. The van der Waals surface area contributed by atoms with Crippen molar-refractivity contribution in [3.05, 3.63) is 77.7 Å². The van der Waals surface area contributed by atoms with Gasteiger partial charge in [-0.05, 0) is 55.5 Å². The maximum absolute atomic E-state index is 13.5. The topological polar surface area (TPSA) is 59.9 Å². The van der Waals surface area contributed by atoms with Gasteiger partial charge in [0.05, 0.1) is 22.3 Å². The van der Waals surface area contributed by atoms with E-state index < -0.39 is 29.6 Å². The minimum absolute atomic E-state index is 0.195. The van der Waals surface area contributed by atoms with E-state index >= 15 is 0 Å². The summed E-state index contributed by atoms with van der Waals surface area (Å²) < 4.78 is 84.5. The van der Waals surface area contributed by atoms with Gasteiger partial charge in [-0.2, -0.15) is 26.3 Å². The second kappa shape index (κ2) is 9.14. The number of hydrogen-bond donors (Lipinski definition) is 1. The molecule has 1 unspecified atom stereocenters. The van der Waals surface area contributed by atoms with E-state index in [1.807, 2.05) is 0 Å². The molecule has 4 rings (SSSR count). The molecule has 0 fully saturated rings. The summed E-state index contributed by atoms with van der Waals surface area (Å²) in [5, 5.41) is 3.42. The number of fused-ring (bicyclic) bond motifs is 1. The van der Waals surface area contributed by atoms with Crippen LogP contribution in [0.2, 0.25) is 0 Å². The third-order valence-electron chi connectivity index (χ3n) is 5.29. The van der Waals surface area contributed by atoms with E-state index in [-0.39, 0.29) is 22.9 Å². The van der Waals surface area contributed by atoms with Gasteiger partial charge < -0.3 is 10.1 Å². The van der Waals surface area contributed by atoms with Gasteiger partial charge in [0.25, 0.3) is 0 Å². The molecule has 0 aliphatic heterocycles. The summed E-state index contributed by atoms with van der Waals surface area (Å²) in [6.07, 6.45) is -8.37. The Hall–Kier alpha value is -3.73. The van der Waals surface area contributed by atoms with Crippen LogP contribution in [-0.4, -0.2) is 22.1 Å². The molecule has 0 radical (unpaired) electrons. The van der Waals surface area contributed by atoms with Crippen molar-refractivity contribution in [2.24, 2.45) is 0 Å². The smallest absolute Gasteiger partial charge is 0.374 e. The zero-order chi connectivity index (χ0) is 25.4. The molecule has 2 aromatic carbocycles. The summed E-state index contributed by atoms with van der Waals surface area (Å²) in [5.74, 6) is 0.501. The maximum Gasteiger partial charge on any atom is 0.418 e. The summed E-state index contributed by atoms with van der Waals surface area (Å²) >= 11 is 0. The fourth-order valence-corrected chi connectivity index (χ4v) is 3.42. The van der Waals surface area contributed by atoms with E-state index in [1.165, 1.54) is 49.7 Å². The molecular weight excluding hydrogens is 474 g/mol. The highest BCUT2D eigenvalue weighted by molar-refractivity contribution is 5.93. The second-order valence-corrected chi connectivity index (χ2v) is 7.64. The van der Waals surface area contributed by atoms with Crippen molar-refractivity contribution in [3.63, 3.8) is 0 Å². The van der Waals surface area contributed by atoms with E-state index in [4.69, 9.17) is 4.74 Å². The third kappa shape index (κ3) is 5.19. The van der Waals surface area contributed by atoms with E-state index in [0.717, 1.165) is 18.2 Å². The summed E-state index contributed by atoms with van der Waals surface area (Å²) in [4.78, 5) is 12.8. The first-order valence-electron chi connectivity index (χ1n) is 10.3. The van der Waals surface area contributed by atoms with E-state index in [0.29, 0.717) is 16.6 Å². The largest absolute Gasteiger partial charge is 0.418 e. The van der Waals surface area contributed by atoms with E-state index in [1.54, 1.807) is 6.92 Å². The van der Waals surface area contributed by atoms with Gasteiger partial charge in [0.15, 0.2) is 5.82 Å². The average Bonchev–Trinajstić information content (AvgIpc) is 2.82. The molecular formula is C24H18F6N4O. The van der Waals surface area contributed by atoms with Crippen molar-refractivity contribution in [1.29, 1.82) is 0 Å². The van der Waals surface area contributed by atoms with Crippen LogP contribution in [0.15, 0.2) is 60.8 Å². The number of aromatic nitrogens is 3. The number of methoxy groups -OCH3 is 1. The zero-order valence-electron chi connectivity index (χ0n) is 18.4. The average molecular weight is 492 g/mol. The Balaban J connectivity index is 1.82. The number of alkyl halides is 6. The van der Waals surface area contributed by atoms with Crippen molar-refractivity contribution < 1.29 is 31.1 Å². The molecule has 0 aliphatic rings. The van der Waals surface area contributed by atoms with Gasteiger partial charge in [-0.15, -0.1) is 0 Å². The van der Waals surface area contributed by atoms with Crippen molar-refractivity contribution >= 4 is 22.4 Å². The molecule has 2 aromatic heterocycles. The molecule has 0 saturated carbocycles. The van der Waals surface area contributed by atoms with Crippen LogP contribution in [-0.2, 0) is 17.1 Å². The highest BCUT2D eigenvalue weighted by atomic mass is 19.4. The molecule has 2 heterocycles. The van der Waals surface area contributed by atoms with Gasteiger partial charge in [-0.1, -0.05) is 6.07 Å². The monoisotopic (exact) mass is 492 g/mol. The minimum atomic E-state index is -4.60. The van der Waals surface area contributed by atoms with Crippen LogP contribution < -0.4 is 5.32 Å². The molecule has 0 bridgehead atoms. The minimum Gasteiger partial charge on any atom is -0.374 e. The van der Waals surface area contributed by atoms with Crippen molar-refractivity contribution in [2.75, 3.05) is 12.4 Å². The highest BCUT2D eigenvalue weighted by Gasteiger charge is 2.34. The molecule has 0 saturated heterocycles. The number of pyridine rings is 1. The first kappa shape index (κ1) is 24.4. The fraction of sp³-hybridized carbons (Fsp3) is 0.208. The van der Waals surface area contributed by atoms with Gasteiger partial charge in [0.1, 0.15) is 11.9 Å². The summed E-state index contributed by atoms with van der Waals surface area (Å²) in [7, 11) is 1.45. The fourth-order valence-electron chi connectivity index (χ4n) is 3.42. The zero-order valence-corrected chi connectivity index (χ0v) is 18.4. The molecule has 5 nitrogen and oxygen atoms in total. The Morgan fingerprint density at radius 3 is 2.23 bits per heavy atom. The molecule has 35 heavy (non-hydrogen) atoms. The number of anilines is 2.